The summed E-state index contributed by atoms with van der Waals surface area (Å²) in [6.45, 7) is 1.78. The van der Waals surface area contributed by atoms with Gasteiger partial charge in [-0.15, -0.1) is 0 Å². The largest absolute Gasteiger partial charge is 0.481 e. The van der Waals surface area contributed by atoms with Crippen molar-refractivity contribution in [2.45, 2.75) is 13.3 Å². The van der Waals surface area contributed by atoms with E-state index in [1.54, 1.807) is 25.3 Å². The molecule has 0 amide bonds. The first-order chi connectivity index (χ1) is 8.56. The van der Waals surface area contributed by atoms with Crippen molar-refractivity contribution in [1.29, 1.82) is 0 Å². The van der Waals surface area contributed by atoms with Gasteiger partial charge in [-0.2, -0.15) is 0 Å². The number of rotatable bonds is 3. The van der Waals surface area contributed by atoms with Crippen molar-refractivity contribution in [3.63, 3.8) is 0 Å². The van der Waals surface area contributed by atoms with Crippen molar-refractivity contribution in [2.24, 2.45) is 0 Å². The molecule has 18 heavy (non-hydrogen) atoms. The number of aliphatic carboxylic acids is 1. The van der Waals surface area contributed by atoms with Gasteiger partial charge in [-0.25, -0.2) is 9.97 Å². The Morgan fingerprint density at radius 3 is 2.56 bits per heavy atom. The highest BCUT2D eigenvalue weighted by molar-refractivity contribution is 6.30. The molecular formula is C13H11ClN2O2. The van der Waals surface area contributed by atoms with E-state index >= 15 is 0 Å². The highest BCUT2D eigenvalue weighted by atomic mass is 35.5. The van der Waals surface area contributed by atoms with Crippen molar-refractivity contribution >= 4 is 17.6 Å². The van der Waals surface area contributed by atoms with Gasteiger partial charge in [0.25, 0.3) is 0 Å². The maximum atomic E-state index is 10.6. The molecule has 2 aromatic rings. The van der Waals surface area contributed by atoms with Gasteiger partial charge in [0.15, 0.2) is 5.82 Å². The third-order valence-electron chi connectivity index (χ3n) is 2.53. The Labute approximate surface area is 109 Å². The van der Waals surface area contributed by atoms with Gasteiger partial charge < -0.3 is 5.11 Å². The maximum Gasteiger partial charge on any atom is 0.307 e. The molecule has 1 aromatic carbocycles. The summed E-state index contributed by atoms with van der Waals surface area (Å²) < 4.78 is 0. The summed E-state index contributed by atoms with van der Waals surface area (Å²) >= 11 is 5.81. The minimum atomic E-state index is -0.888. The zero-order valence-corrected chi connectivity index (χ0v) is 10.5. The number of benzene rings is 1. The summed E-state index contributed by atoms with van der Waals surface area (Å²) in [6.07, 6.45) is 1.49. The van der Waals surface area contributed by atoms with Crippen molar-refractivity contribution in [3.8, 4) is 11.4 Å². The molecule has 0 radical (unpaired) electrons. The second-order valence-corrected chi connectivity index (χ2v) is 4.32. The normalized spacial score (nSPS) is 10.3. The van der Waals surface area contributed by atoms with Crippen molar-refractivity contribution < 1.29 is 9.90 Å². The maximum absolute atomic E-state index is 10.6. The standard InChI is InChI=1S/C13H11ClN2O2/c1-8-10(6-12(17)18)7-15-13(16-8)9-2-4-11(14)5-3-9/h2-5,7H,6H2,1H3,(H,17,18). The molecule has 0 saturated carbocycles. The van der Waals surface area contributed by atoms with E-state index in [0.717, 1.165) is 5.56 Å². The van der Waals surface area contributed by atoms with Crippen LogP contribution < -0.4 is 0 Å². The van der Waals surface area contributed by atoms with Crippen LogP contribution in [-0.4, -0.2) is 21.0 Å². The number of halogens is 1. The molecule has 92 valence electrons. The van der Waals surface area contributed by atoms with E-state index in [4.69, 9.17) is 16.7 Å². The van der Waals surface area contributed by atoms with Gasteiger partial charge in [0.2, 0.25) is 0 Å². The number of aryl methyl sites for hydroxylation is 1. The SMILES string of the molecule is Cc1nc(-c2ccc(Cl)cc2)ncc1CC(=O)O. The first-order valence-electron chi connectivity index (χ1n) is 5.36. The van der Waals surface area contributed by atoms with Gasteiger partial charge >= 0.3 is 5.97 Å². The van der Waals surface area contributed by atoms with Gasteiger partial charge in [-0.3, -0.25) is 4.79 Å². The van der Waals surface area contributed by atoms with Crippen LogP contribution in [0.1, 0.15) is 11.3 Å². The average Bonchev–Trinajstić information content (AvgIpc) is 2.32. The summed E-state index contributed by atoms with van der Waals surface area (Å²) in [5, 5.41) is 9.39. The number of nitrogens with zero attached hydrogens (tertiary/aromatic N) is 2. The van der Waals surface area contributed by atoms with Crippen LogP contribution in [0.5, 0.6) is 0 Å². The highest BCUT2D eigenvalue weighted by Gasteiger charge is 2.08. The molecule has 0 atom stereocenters. The lowest BCUT2D eigenvalue weighted by Crippen LogP contribution is -2.05. The quantitative estimate of drug-likeness (QED) is 0.924. The molecule has 0 aliphatic rings. The van der Waals surface area contributed by atoms with Crippen LogP contribution in [0.2, 0.25) is 5.02 Å². The molecule has 5 heteroatoms. The Morgan fingerprint density at radius 1 is 1.33 bits per heavy atom. The minimum Gasteiger partial charge on any atom is -0.481 e. The first-order valence-corrected chi connectivity index (χ1v) is 5.74. The molecule has 0 saturated heterocycles. The smallest absolute Gasteiger partial charge is 0.307 e. The van der Waals surface area contributed by atoms with E-state index in [-0.39, 0.29) is 6.42 Å². The highest BCUT2D eigenvalue weighted by Crippen LogP contribution is 2.19. The van der Waals surface area contributed by atoms with Crippen LogP contribution in [0.15, 0.2) is 30.5 Å². The predicted octanol–water partition coefficient (Wildman–Crippen LogP) is 2.73. The minimum absolute atomic E-state index is 0.0628. The van der Waals surface area contributed by atoms with Crippen molar-refractivity contribution in [3.05, 3.63) is 46.7 Å². The Kier molecular flexibility index (Phi) is 3.58. The van der Waals surface area contributed by atoms with Crippen molar-refractivity contribution in [1.82, 2.24) is 9.97 Å². The number of hydrogen-bond acceptors (Lipinski definition) is 3. The lowest BCUT2D eigenvalue weighted by atomic mass is 10.1. The number of carbonyl (C=O) groups is 1. The predicted molar refractivity (Wildman–Crippen MR) is 68.6 cm³/mol. The van der Waals surface area contributed by atoms with Crippen LogP contribution in [0.25, 0.3) is 11.4 Å². The fourth-order valence-electron chi connectivity index (χ4n) is 1.57. The molecule has 1 aromatic heterocycles. The van der Waals surface area contributed by atoms with E-state index in [1.165, 1.54) is 0 Å². The fourth-order valence-corrected chi connectivity index (χ4v) is 1.69. The number of hydrogen-bond donors (Lipinski definition) is 1. The van der Waals surface area contributed by atoms with E-state index in [0.29, 0.717) is 22.1 Å². The third-order valence-corrected chi connectivity index (χ3v) is 2.78. The second-order valence-electron chi connectivity index (χ2n) is 3.88. The van der Waals surface area contributed by atoms with Gasteiger partial charge in [0, 0.05) is 28.0 Å². The number of aromatic nitrogens is 2. The van der Waals surface area contributed by atoms with Gasteiger partial charge in [0.05, 0.1) is 6.42 Å². The summed E-state index contributed by atoms with van der Waals surface area (Å²) in [4.78, 5) is 19.1. The summed E-state index contributed by atoms with van der Waals surface area (Å²) in [6, 6.07) is 7.18. The zero-order chi connectivity index (χ0) is 13.1. The number of carboxylic acids is 1. The Morgan fingerprint density at radius 2 is 2.00 bits per heavy atom. The van der Waals surface area contributed by atoms with Crippen LogP contribution in [0.4, 0.5) is 0 Å². The first kappa shape index (κ1) is 12.5. The molecule has 0 bridgehead atoms. The van der Waals surface area contributed by atoms with E-state index in [9.17, 15) is 4.79 Å². The van der Waals surface area contributed by atoms with Crippen molar-refractivity contribution in [2.75, 3.05) is 0 Å². The molecule has 0 spiro atoms. The van der Waals surface area contributed by atoms with E-state index < -0.39 is 5.97 Å². The Hall–Kier alpha value is -1.94. The van der Waals surface area contributed by atoms with Gasteiger partial charge in [-0.05, 0) is 31.2 Å². The monoisotopic (exact) mass is 262 g/mol. The second kappa shape index (κ2) is 5.14. The number of carboxylic acid groups (broad SMARTS) is 1. The van der Waals surface area contributed by atoms with E-state index in [1.807, 2.05) is 12.1 Å². The molecule has 0 fully saturated rings. The fraction of sp³-hybridized carbons (Fsp3) is 0.154. The summed E-state index contributed by atoms with van der Waals surface area (Å²) in [5.41, 5.74) is 2.15. The van der Waals surface area contributed by atoms with Gasteiger partial charge in [-0.1, -0.05) is 11.6 Å². The molecule has 1 N–H and O–H groups in total. The average molecular weight is 263 g/mol. The molecular weight excluding hydrogens is 252 g/mol. The third kappa shape index (κ3) is 2.84. The lowest BCUT2D eigenvalue weighted by Gasteiger charge is -2.05. The summed E-state index contributed by atoms with van der Waals surface area (Å²) in [5.74, 6) is -0.320. The van der Waals surface area contributed by atoms with E-state index in [2.05, 4.69) is 9.97 Å². The summed E-state index contributed by atoms with van der Waals surface area (Å²) in [7, 11) is 0. The molecule has 4 nitrogen and oxygen atoms in total. The van der Waals surface area contributed by atoms with Gasteiger partial charge in [0.1, 0.15) is 0 Å². The Balaban J connectivity index is 2.33. The zero-order valence-electron chi connectivity index (χ0n) is 9.72. The molecule has 0 unspecified atom stereocenters. The van der Waals surface area contributed by atoms with Crippen LogP contribution in [-0.2, 0) is 11.2 Å². The van der Waals surface area contributed by atoms with Crippen LogP contribution in [0, 0.1) is 6.92 Å². The van der Waals surface area contributed by atoms with Crippen LogP contribution in [0.3, 0.4) is 0 Å². The molecule has 0 aliphatic heterocycles. The topological polar surface area (TPSA) is 63.1 Å². The molecule has 1 heterocycles. The Bertz CT molecular complexity index is 582. The van der Waals surface area contributed by atoms with Crippen LogP contribution >= 0.6 is 11.6 Å². The lowest BCUT2D eigenvalue weighted by molar-refractivity contribution is -0.136. The molecule has 0 aliphatic carbocycles. The molecule has 2 rings (SSSR count).